The van der Waals surface area contributed by atoms with E-state index in [1.165, 1.54) is 24.3 Å². The SMILES string of the molecule is C#Cc1c(F)ccc2cc(O)cc(-c3c(F)c4nc(OC[C@@]56CCCN5C[C@H](F)C6)nc(N5CC[C@H]6NC[C@H]65)c4c4cn(C)nc34)c12. The first-order chi connectivity index (χ1) is 22.7. The predicted octanol–water partition coefficient (Wildman–Crippen LogP) is 4.81. The number of phenolic OH excluding ortho intramolecular Hbond substituents is 1. The van der Waals surface area contributed by atoms with Crippen molar-refractivity contribution >= 4 is 38.4 Å². The number of benzene rings is 3. The van der Waals surface area contributed by atoms with E-state index in [0.29, 0.717) is 53.0 Å². The largest absolute Gasteiger partial charge is 0.508 e. The minimum absolute atomic E-state index is 0.0102. The van der Waals surface area contributed by atoms with Gasteiger partial charge in [0.2, 0.25) is 0 Å². The minimum Gasteiger partial charge on any atom is -0.508 e. The van der Waals surface area contributed by atoms with Crippen LogP contribution < -0.4 is 15.0 Å². The third kappa shape index (κ3) is 4.15. The topological polar surface area (TPSA) is 91.6 Å². The lowest BCUT2D eigenvalue weighted by atomic mass is 9.91. The molecule has 0 bridgehead atoms. The van der Waals surface area contributed by atoms with Gasteiger partial charge in [-0.1, -0.05) is 12.0 Å². The first kappa shape index (κ1) is 28.6. The number of nitrogens with zero attached hydrogens (tertiary/aromatic N) is 6. The maximum atomic E-state index is 17.4. The molecule has 12 heteroatoms. The number of fused-ring (bicyclic) bond motifs is 6. The first-order valence-electron chi connectivity index (χ1n) is 16.1. The molecule has 9 nitrogen and oxygen atoms in total. The molecular formula is C35H32F3N7O2. The number of hydrogen-bond donors (Lipinski definition) is 2. The quantitative estimate of drug-likeness (QED) is 0.265. The van der Waals surface area contributed by atoms with Crippen molar-refractivity contribution < 1.29 is 23.0 Å². The summed E-state index contributed by atoms with van der Waals surface area (Å²) in [6.45, 7) is 2.87. The number of phenols is 1. The molecule has 3 aromatic carbocycles. The van der Waals surface area contributed by atoms with Crippen LogP contribution in [0.4, 0.5) is 19.0 Å². The Morgan fingerprint density at radius 2 is 2.04 bits per heavy atom. The van der Waals surface area contributed by atoms with Crippen molar-refractivity contribution in [1.29, 1.82) is 0 Å². The number of hydrogen-bond acceptors (Lipinski definition) is 8. The zero-order chi connectivity index (χ0) is 32.2. The minimum atomic E-state index is -0.923. The lowest BCUT2D eigenvalue weighted by Crippen LogP contribution is -2.59. The summed E-state index contributed by atoms with van der Waals surface area (Å²) >= 11 is 0. The van der Waals surface area contributed by atoms with Crippen LogP contribution in [0.2, 0.25) is 0 Å². The molecule has 0 amide bonds. The van der Waals surface area contributed by atoms with Gasteiger partial charge in [0, 0.05) is 61.7 Å². The van der Waals surface area contributed by atoms with E-state index in [1.54, 1.807) is 17.9 Å². The van der Waals surface area contributed by atoms with Crippen molar-refractivity contribution in [2.24, 2.45) is 7.05 Å². The summed E-state index contributed by atoms with van der Waals surface area (Å²) in [6, 6.07) is 6.08. The molecule has 4 atom stereocenters. The molecule has 4 saturated heterocycles. The molecule has 47 heavy (non-hydrogen) atoms. The number of aryl methyl sites for hydroxylation is 1. The summed E-state index contributed by atoms with van der Waals surface area (Å²) in [5.74, 6) is 1.48. The van der Waals surface area contributed by atoms with Gasteiger partial charge in [-0.25, -0.2) is 13.2 Å². The molecule has 9 rings (SSSR count). The van der Waals surface area contributed by atoms with Crippen molar-refractivity contribution in [1.82, 2.24) is 30.0 Å². The summed E-state index contributed by atoms with van der Waals surface area (Å²) in [5.41, 5.74) is 0.0648. The number of anilines is 1. The third-order valence-corrected chi connectivity index (χ3v) is 10.7. The van der Waals surface area contributed by atoms with Gasteiger partial charge in [0.15, 0.2) is 5.82 Å². The fourth-order valence-electron chi connectivity index (χ4n) is 8.56. The van der Waals surface area contributed by atoms with Crippen molar-refractivity contribution in [3.05, 3.63) is 47.7 Å². The van der Waals surface area contributed by atoms with Gasteiger partial charge in [0.25, 0.3) is 0 Å². The molecule has 0 aliphatic carbocycles. The van der Waals surface area contributed by atoms with Crippen LogP contribution in [0.5, 0.6) is 11.8 Å². The van der Waals surface area contributed by atoms with Crippen LogP contribution in [-0.4, -0.2) is 86.3 Å². The van der Waals surface area contributed by atoms with E-state index >= 15 is 8.78 Å². The Labute approximate surface area is 268 Å². The highest BCUT2D eigenvalue weighted by molar-refractivity contribution is 6.18. The molecule has 2 N–H and O–H groups in total. The summed E-state index contributed by atoms with van der Waals surface area (Å²) in [4.78, 5) is 14.0. The number of ether oxygens (including phenoxy) is 1. The molecule has 5 aromatic rings. The smallest absolute Gasteiger partial charge is 0.319 e. The van der Waals surface area contributed by atoms with Gasteiger partial charge >= 0.3 is 6.01 Å². The number of halogens is 3. The maximum absolute atomic E-state index is 17.4. The average molecular weight is 640 g/mol. The van der Waals surface area contributed by atoms with Gasteiger partial charge in [-0.05, 0) is 55.0 Å². The first-order valence-corrected chi connectivity index (χ1v) is 16.1. The Morgan fingerprint density at radius 1 is 1.17 bits per heavy atom. The molecule has 240 valence electrons. The lowest BCUT2D eigenvalue weighted by molar-refractivity contribution is 0.107. The van der Waals surface area contributed by atoms with E-state index < -0.39 is 23.3 Å². The van der Waals surface area contributed by atoms with Gasteiger partial charge in [-0.3, -0.25) is 9.58 Å². The zero-order valence-corrected chi connectivity index (χ0v) is 25.7. The van der Waals surface area contributed by atoms with E-state index in [1.807, 2.05) is 0 Å². The summed E-state index contributed by atoms with van der Waals surface area (Å²) < 4.78 is 55.0. The van der Waals surface area contributed by atoms with Crippen LogP contribution in [-0.2, 0) is 7.05 Å². The van der Waals surface area contributed by atoms with Crippen LogP contribution in [0, 0.1) is 24.0 Å². The normalized spacial score (nSPS) is 25.4. The number of nitrogens with one attached hydrogen (secondary N) is 1. The van der Waals surface area contributed by atoms with Gasteiger partial charge in [0.05, 0.1) is 22.5 Å². The molecule has 0 unspecified atom stereocenters. The molecule has 0 radical (unpaired) electrons. The van der Waals surface area contributed by atoms with Crippen LogP contribution in [0.1, 0.15) is 31.2 Å². The second kappa shape index (κ2) is 10.2. The van der Waals surface area contributed by atoms with E-state index in [2.05, 4.69) is 26.1 Å². The number of aromatic nitrogens is 4. The van der Waals surface area contributed by atoms with Crippen molar-refractivity contribution in [3.63, 3.8) is 0 Å². The Balaban J connectivity index is 1.30. The standard InChI is InChI=1S/C35H32F3N7O2/c1-3-21-24(37)6-5-18-11-20(46)12-22(27(18)21)28-30(38)32-29(23-16-43(2)42-31(23)28)33(45-10-7-25-26(45)14-39-25)41-34(40-32)47-17-35-8-4-9-44(35)15-19(36)13-35/h1,5-6,11-12,16,19,25-26,39,46H,4,7-10,13-15,17H2,2H3/t19-,25-,26-,35+/m1/s1. The highest BCUT2D eigenvalue weighted by atomic mass is 19.1. The monoisotopic (exact) mass is 639 g/mol. The fraction of sp³-hybridized carbons (Fsp3) is 0.400. The van der Waals surface area contributed by atoms with Crippen molar-refractivity contribution in [2.45, 2.75) is 49.5 Å². The van der Waals surface area contributed by atoms with E-state index in [4.69, 9.17) is 21.1 Å². The molecule has 0 spiro atoms. The van der Waals surface area contributed by atoms with Crippen LogP contribution in [0.3, 0.4) is 0 Å². The Kier molecular flexibility index (Phi) is 6.21. The van der Waals surface area contributed by atoms with Gasteiger partial charge in [-0.2, -0.15) is 15.1 Å². The summed E-state index contributed by atoms with van der Waals surface area (Å²) in [6.07, 6.45) is 9.70. The highest BCUT2D eigenvalue weighted by Crippen LogP contribution is 2.46. The second-order valence-corrected chi connectivity index (χ2v) is 13.4. The lowest BCUT2D eigenvalue weighted by Gasteiger charge is -2.38. The number of terminal acetylenes is 1. The predicted molar refractivity (Wildman–Crippen MR) is 172 cm³/mol. The Bertz CT molecular complexity index is 2180. The number of alkyl halides is 1. The summed E-state index contributed by atoms with van der Waals surface area (Å²) in [7, 11) is 1.74. The maximum Gasteiger partial charge on any atom is 0.319 e. The Hall–Kier alpha value is -4.60. The molecule has 2 aromatic heterocycles. The number of aromatic hydroxyl groups is 1. The summed E-state index contributed by atoms with van der Waals surface area (Å²) in [5, 5.41) is 20.7. The van der Waals surface area contributed by atoms with E-state index in [-0.39, 0.29) is 52.0 Å². The molecule has 4 fully saturated rings. The molecular weight excluding hydrogens is 607 g/mol. The average Bonchev–Trinajstić information content (AvgIpc) is 3.76. The van der Waals surface area contributed by atoms with Crippen LogP contribution in [0.15, 0.2) is 30.5 Å². The molecule has 4 aliphatic heterocycles. The second-order valence-electron chi connectivity index (χ2n) is 13.4. The molecule has 0 saturated carbocycles. The highest BCUT2D eigenvalue weighted by Gasteiger charge is 2.49. The third-order valence-electron chi connectivity index (χ3n) is 10.7. The zero-order valence-electron chi connectivity index (χ0n) is 25.7. The fourth-order valence-corrected chi connectivity index (χ4v) is 8.56. The van der Waals surface area contributed by atoms with Crippen molar-refractivity contribution in [2.75, 3.05) is 37.7 Å². The molecule has 6 heterocycles. The van der Waals surface area contributed by atoms with Gasteiger partial charge < -0.3 is 20.1 Å². The number of rotatable bonds is 5. The van der Waals surface area contributed by atoms with Gasteiger partial charge in [0.1, 0.15) is 41.2 Å². The van der Waals surface area contributed by atoms with Crippen molar-refractivity contribution in [3.8, 4) is 35.2 Å². The van der Waals surface area contributed by atoms with E-state index in [0.717, 1.165) is 32.4 Å². The molecule has 4 aliphatic rings. The van der Waals surface area contributed by atoms with Crippen LogP contribution >= 0.6 is 0 Å². The van der Waals surface area contributed by atoms with Crippen LogP contribution in [0.25, 0.3) is 43.7 Å². The Morgan fingerprint density at radius 3 is 2.83 bits per heavy atom. The van der Waals surface area contributed by atoms with E-state index in [9.17, 15) is 9.50 Å². The van der Waals surface area contributed by atoms with Gasteiger partial charge in [-0.15, -0.1) is 6.42 Å².